The predicted octanol–water partition coefficient (Wildman–Crippen LogP) is 3.86. The van der Waals surface area contributed by atoms with Crippen LogP contribution in [0.25, 0.3) is 0 Å². The summed E-state index contributed by atoms with van der Waals surface area (Å²) >= 11 is 5.34. The highest BCUT2D eigenvalue weighted by Gasteiger charge is 2.23. The van der Waals surface area contributed by atoms with E-state index in [0.717, 1.165) is 22.0 Å². The molecule has 0 atom stereocenters. The third-order valence-corrected chi connectivity index (χ3v) is 5.20. The van der Waals surface area contributed by atoms with E-state index in [2.05, 4.69) is 75.5 Å². The Balaban J connectivity index is 1.93. The molecule has 0 spiro atoms. The Hall–Kier alpha value is -1.40. The minimum atomic E-state index is -0.0184. The molecule has 0 aliphatic heterocycles. The van der Waals surface area contributed by atoms with Gasteiger partial charge in [-0.1, -0.05) is 48.0 Å². The Morgan fingerprint density at radius 2 is 2.04 bits per heavy atom. The number of aliphatic imine (C=N–C) groups is 1. The fourth-order valence-corrected chi connectivity index (χ4v) is 3.82. The van der Waals surface area contributed by atoms with Gasteiger partial charge in [0.15, 0.2) is 5.96 Å². The number of thiazole rings is 1. The first-order valence-electron chi connectivity index (χ1n) is 7.53. The lowest BCUT2D eigenvalue weighted by atomic mass is 9.84. The van der Waals surface area contributed by atoms with Crippen LogP contribution in [0.4, 0.5) is 0 Å². The van der Waals surface area contributed by atoms with E-state index in [4.69, 9.17) is 0 Å². The molecule has 2 rings (SSSR count). The second-order valence-electron chi connectivity index (χ2n) is 6.01. The van der Waals surface area contributed by atoms with Crippen molar-refractivity contribution in [3.05, 3.63) is 50.4 Å². The molecule has 0 aliphatic carbocycles. The molecule has 1 aromatic heterocycles. The van der Waals surface area contributed by atoms with E-state index in [-0.39, 0.29) is 5.41 Å². The average Bonchev–Trinajstić information content (AvgIpc) is 2.93. The second kappa shape index (κ2) is 7.93. The molecule has 2 aromatic rings. The number of hydrogen-bond donors (Lipinski definition) is 2. The number of nitrogens with one attached hydrogen (secondary N) is 2. The maximum Gasteiger partial charge on any atom is 0.191 e. The molecule has 0 radical (unpaired) electrons. The average molecular weight is 395 g/mol. The lowest BCUT2D eigenvalue weighted by molar-refractivity contribution is 0.506. The molecule has 0 saturated heterocycles. The molecule has 124 valence electrons. The number of guanidine groups is 1. The zero-order valence-electron chi connectivity index (χ0n) is 14.0. The zero-order valence-corrected chi connectivity index (χ0v) is 16.4. The van der Waals surface area contributed by atoms with E-state index in [9.17, 15) is 0 Å². The molecule has 0 saturated carbocycles. The molecule has 4 nitrogen and oxygen atoms in total. The Bertz CT molecular complexity index is 679. The molecule has 2 N–H and O–H groups in total. The van der Waals surface area contributed by atoms with E-state index < -0.39 is 0 Å². The Labute approximate surface area is 150 Å². The van der Waals surface area contributed by atoms with Crippen molar-refractivity contribution in [3.63, 3.8) is 0 Å². The molecule has 0 amide bonds. The van der Waals surface area contributed by atoms with Gasteiger partial charge in [-0.25, -0.2) is 4.98 Å². The van der Waals surface area contributed by atoms with E-state index >= 15 is 0 Å². The van der Waals surface area contributed by atoms with Gasteiger partial charge in [-0.05, 0) is 18.6 Å². The SMILES string of the molecule is CN=C(NCc1ncc(C)s1)NCC(C)(C)c1ccccc1Br. The first-order chi connectivity index (χ1) is 10.9. The summed E-state index contributed by atoms with van der Waals surface area (Å²) in [4.78, 5) is 9.87. The molecule has 1 heterocycles. The van der Waals surface area contributed by atoms with E-state index in [0.29, 0.717) is 6.54 Å². The van der Waals surface area contributed by atoms with Gasteiger partial charge < -0.3 is 10.6 Å². The van der Waals surface area contributed by atoms with E-state index in [1.165, 1.54) is 10.4 Å². The summed E-state index contributed by atoms with van der Waals surface area (Å²) in [5.41, 5.74) is 1.26. The van der Waals surface area contributed by atoms with Crippen molar-refractivity contribution < 1.29 is 0 Å². The quantitative estimate of drug-likeness (QED) is 0.597. The van der Waals surface area contributed by atoms with Crippen molar-refractivity contribution in [2.24, 2.45) is 4.99 Å². The Morgan fingerprint density at radius 1 is 1.30 bits per heavy atom. The molecule has 0 unspecified atom stereocenters. The van der Waals surface area contributed by atoms with Crippen LogP contribution in [0.2, 0.25) is 0 Å². The van der Waals surface area contributed by atoms with Crippen LogP contribution in [0.15, 0.2) is 39.9 Å². The summed E-state index contributed by atoms with van der Waals surface area (Å²) in [6, 6.07) is 8.34. The van der Waals surface area contributed by atoms with Crippen molar-refractivity contribution in [1.29, 1.82) is 0 Å². The number of aryl methyl sites for hydroxylation is 1. The van der Waals surface area contributed by atoms with Gasteiger partial charge in [0.25, 0.3) is 0 Å². The number of aromatic nitrogens is 1. The monoisotopic (exact) mass is 394 g/mol. The predicted molar refractivity (Wildman–Crippen MR) is 102 cm³/mol. The third-order valence-electron chi connectivity index (χ3n) is 3.60. The number of benzene rings is 1. The Kier molecular flexibility index (Phi) is 6.18. The number of hydrogen-bond acceptors (Lipinski definition) is 3. The highest BCUT2D eigenvalue weighted by atomic mass is 79.9. The van der Waals surface area contributed by atoms with Crippen LogP contribution in [0.1, 0.15) is 29.3 Å². The molecule has 0 bridgehead atoms. The van der Waals surface area contributed by atoms with Crippen LogP contribution in [0.3, 0.4) is 0 Å². The van der Waals surface area contributed by atoms with Gasteiger partial charge in [-0.15, -0.1) is 11.3 Å². The smallest absolute Gasteiger partial charge is 0.191 e. The summed E-state index contributed by atoms with van der Waals surface area (Å²) in [5.74, 6) is 0.790. The fourth-order valence-electron chi connectivity index (χ4n) is 2.27. The summed E-state index contributed by atoms with van der Waals surface area (Å²) < 4.78 is 1.13. The number of rotatable bonds is 5. The van der Waals surface area contributed by atoms with Gasteiger partial charge in [0.05, 0.1) is 6.54 Å². The first kappa shape index (κ1) is 17.9. The molecule has 0 fully saturated rings. The molecular weight excluding hydrogens is 372 g/mol. The molecule has 1 aromatic carbocycles. The molecular formula is C17H23BrN4S. The summed E-state index contributed by atoms with van der Waals surface area (Å²) in [7, 11) is 1.79. The van der Waals surface area contributed by atoms with Gasteiger partial charge in [-0.2, -0.15) is 0 Å². The highest BCUT2D eigenvalue weighted by molar-refractivity contribution is 9.10. The van der Waals surface area contributed by atoms with Crippen LogP contribution < -0.4 is 10.6 Å². The fraction of sp³-hybridized carbons (Fsp3) is 0.412. The van der Waals surface area contributed by atoms with Crippen molar-refractivity contribution in [2.75, 3.05) is 13.6 Å². The number of halogens is 1. The van der Waals surface area contributed by atoms with Crippen LogP contribution in [0.5, 0.6) is 0 Å². The highest BCUT2D eigenvalue weighted by Crippen LogP contribution is 2.29. The summed E-state index contributed by atoms with van der Waals surface area (Å²) in [6.45, 7) is 7.98. The lowest BCUT2D eigenvalue weighted by Gasteiger charge is -2.27. The second-order valence-corrected chi connectivity index (χ2v) is 8.18. The van der Waals surface area contributed by atoms with Gasteiger partial charge in [0.1, 0.15) is 5.01 Å². The van der Waals surface area contributed by atoms with E-state index in [1.807, 2.05) is 12.3 Å². The van der Waals surface area contributed by atoms with Crippen LogP contribution in [-0.4, -0.2) is 24.5 Å². The normalized spacial score (nSPS) is 12.3. The topological polar surface area (TPSA) is 49.3 Å². The van der Waals surface area contributed by atoms with Crippen molar-refractivity contribution in [1.82, 2.24) is 15.6 Å². The maximum atomic E-state index is 4.36. The standard InChI is InChI=1S/C17H23BrN4S/c1-12-9-20-15(23-12)10-21-16(19-4)22-11-17(2,3)13-7-5-6-8-14(13)18/h5-9H,10-11H2,1-4H3,(H2,19,21,22). The van der Waals surface area contributed by atoms with E-state index in [1.54, 1.807) is 18.4 Å². The van der Waals surface area contributed by atoms with Crippen molar-refractivity contribution in [2.45, 2.75) is 32.7 Å². The minimum absolute atomic E-state index is 0.0184. The molecule has 23 heavy (non-hydrogen) atoms. The minimum Gasteiger partial charge on any atom is -0.356 e. The van der Waals surface area contributed by atoms with Crippen molar-refractivity contribution >= 4 is 33.2 Å². The Morgan fingerprint density at radius 3 is 2.65 bits per heavy atom. The molecule has 0 aliphatic rings. The van der Waals surface area contributed by atoms with Gasteiger partial charge in [0.2, 0.25) is 0 Å². The lowest BCUT2D eigenvalue weighted by Crippen LogP contribution is -2.43. The third kappa shape index (κ3) is 5.04. The first-order valence-corrected chi connectivity index (χ1v) is 9.14. The maximum absolute atomic E-state index is 4.36. The van der Waals surface area contributed by atoms with Gasteiger partial charge in [0, 0.05) is 34.6 Å². The van der Waals surface area contributed by atoms with Crippen LogP contribution >= 0.6 is 27.3 Å². The summed E-state index contributed by atoms with van der Waals surface area (Å²) in [5, 5.41) is 7.79. The summed E-state index contributed by atoms with van der Waals surface area (Å²) in [6.07, 6.45) is 1.90. The van der Waals surface area contributed by atoms with Gasteiger partial charge >= 0.3 is 0 Å². The van der Waals surface area contributed by atoms with Crippen molar-refractivity contribution in [3.8, 4) is 0 Å². The largest absolute Gasteiger partial charge is 0.356 e. The van der Waals surface area contributed by atoms with Crippen LogP contribution in [0, 0.1) is 6.92 Å². The van der Waals surface area contributed by atoms with Gasteiger partial charge in [-0.3, -0.25) is 4.99 Å². The van der Waals surface area contributed by atoms with Crippen LogP contribution in [-0.2, 0) is 12.0 Å². The number of nitrogens with zero attached hydrogens (tertiary/aromatic N) is 2. The molecule has 6 heteroatoms. The zero-order chi connectivity index (χ0) is 16.9.